The molecule has 0 radical (unpaired) electrons. The van der Waals surface area contributed by atoms with Gasteiger partial charge in [-0.05, 0) is 23.5 Å². The Balaban J connectivity index is 2.35. The molecule has 134 valence electrons. The van der Waals surface area contributed by atoms with Crippen LogP contribution in [0.5, 0.6) is 0 Å². The van der Waals surface area contributed by atoms with Crippen molar-refractivity contribution in [2.24, 2.45) is 0 Å². The fourth-order valence-electron chi connectivity index (χ4n) is 2.53. The van der Waals surface area contributed by atoms with Gasteiger partial charge in [-0.2, -0.15) is 0 Å². The molecule has 2 rings (SSSR count). The number of rotatable bonds is 5. The number of H-pyrrole nitrogens is 2. The molecule has 2 aromatic rings. The monoisotopic (exact) mass is 344 g/mol. The van der Waals surface area contributed by atoms with Crippen LogP contribution in [0.2, 0.25) is 0 Å². The van der Waals surface area contributed by atoms with Crippen LogP contribution in [0.4, 0.5) is 5.82 Å². The Morgan fingerprint density at radius 2 is 1.80 bits per heavy atom. The van der Waals surface area contributed by atoms with Crippen LogP contribution in [0, 0.1) is 5.41 Å². The van der Waals surface area contributed by atoms with Gasteiger partial charge in [0.2, 0.25) is 0 Å². The van der Waals surface area contributed by atoms with Crippen molar-refractivity contribution in [2.45, 2.75) is 39.2 Å². The minimum absolute atomic E-state index is 0.0521. The average molecular weight is 344 g/mol. The molecule has 5 N–H and O–H groups in total. The molecule has 1 heterocycles. The second-order valence-electron chi connectivity index (χ2n) is 7.03. The van der Waals surface area contributed by atoms with E-state index in [1.54, 1.807) is 0 Å². The van der Waals surface area contributed by atoms with E-state index in [4.69, 9.17) is 10.5 Å². The van der Waals surface area contributed by atoms with E-state index in [9.17, 15) is 9.59 Å². The van der Waals surface area contributed by atoms with Crippen LogP contribution in [-0.2, 0) is 5.41 Å². The van der Waals surface area contributed by atoms with E-state index in [0.29, 0.717) is 0 Å². The smallest absolute Gasteiger partial charge is 0.327 e. The lowest BCUT2D eigenvalue weighted by Gasteiger charge is -2.21. The molecule has 0 bridgehead atoms. The first-order valence-electron chi connectivity index (χ1n) is 8.05. The molecular formula is C18H24N4O3. The summed E-state index contributed by atoms with van der Waals surface area (Å²) < 4.78 is 0. The Kier molecular flexibility index (Phi) is 5.27. The molecule has 0 aliphatic rings. The number of aromatic nitrogens is 2. The molecule has 1 atom stereocenters. The Morgan fingerprint density at radius 1 is 1.20 bits per heavy atom. The quantitative estimate of drug-likeness (QED) is 0.532. The third-order valence-electron chi connectivity index (χ3n) is 4.04. The summed E-state index contributed by atoms with van der Waals surface area (Å²) in [5.41, 5.74) is 0.510. The van der Waals surface area contributed by atoms with Gasteiger partial charge in [-0.25, -0.2) is 4.79 Å². The summed E-state index contributed by atoms with van der Waals surface area (Å²) in [7, 11) is 0. The second kappa shape index (κ2) is 7.06. The molecule has 1 aromatic heterocycles. The maximum absolute atomic E-state index is 12.0. The highest BCUT2D eigenvalue weighted by Gasteiger charge is 2.17. The topological polar surface area (TPSA) is 122 Å². The fourth-order valence-corrected chi connectivity index (χ4v) is 2.53. The maximum Gasteiger partial charge on any atom is 0.327 e. The Bertz CT molecular complexity index is 873. The summed E-state index contributed by atoms with van der Waals surface area (Å²) in [5.74, 6) is 0.125. The van der Waals surface area contributed by atoms with Crippen molar-refractivity contribution in [3.05, 3.63) is 61.8 Å². The highest BCUT2D eigenvalue weighted by Crippen LogP contribution is 2.25. The lowest BCUT2D eigenvalue weighted by Crippen LogP contribution is -2.31. The second-order valence-corrected chi connectivity index (χ2v) is 7.03. The van der Waals surface area contributed by atoms with Gasteiger partial charge in [-0.3, -0.25) is 14.8 Å². The van der Waals surface area contributed by atoms with Gasteiger partial charge in [0.1, 0.15) is 11.4 Å². The largest absolute Gasteiger partial charge is 0.390 e. The molecule has 0 aliphatic heterocycles. The summed E-state index contributed by atoms with van der Waals surface area (Å²) in [4.78, 5) is 28.1. The zero-order valence-electron chi connectivity index (χ0n) is 14.9. The van der Waals surface area contributed by atoms with Gasteiger partial charge in [0.05, 0.1) is 12.3 Å². The molecular weight excluding hydrogens is 320 g/mol. The van der Waals surface area contributed by atoms with Gasteiger partial charge in [0, 0.05) is 6.04 Å². The van der Waals surface area contributed by atoms with Crippen LogP contribution in [0.1, 0.15) is 50.4 Å². The van der Waals surface area contributed by atoms with Crippen LogP contribution in [-0.4, -0.2) is 27.4 Å². The van der Waals surface area contributed by atoms with Crippen LogP contribution >= 0.6 is 0 Å². The first-order chi connectivity index (χ1) is 11.6. The van der Waals surface area contributed by atoms with E-state index < -0.39 is 17.9 Å². The normalized spacial score (nSPS) is 12.7. The lowest BCUT2D eigenvalue weighted by molar-refractivity contribution is 0.357. The van der Waals surface area contributed by atoms with E-state index >= 15 is 0 Å². The number of benzene rings is 1. The molecule has 0 saturated carbocycles. The number of anilines is 1. The summed E-state index contributed by atoms with van der Waals surface area (Å²) in [6.45, 7) is 7.70. The minimum Gasteiger partial charge on any atom is -0.390 e. The number of aliphatic hydroxyl groups excluding tert-OH is 1. The van der Waals surface area contributed by atoms with Gasteiger partial charge in [0.15, 0.2) is 0 Å². The molecule has 0 aliphatic carbocycles. The SMILES string of the molecule is CC(Nc1[nH]c(=O)[nH]c(=O)c1C(=N)CO)c1ccc(C(C)(C)C)cc1. The average Bonchev–Trinajstić information content (AvgIpc) is 2.53. The minimum atomic E-state index is -0.708. The Labute approximate surface area is 145 Å². The van der Waals surface area contributed by atoms with E-state index in [1.165, 1.54) is 5.56 Å². The lowest BCUT2D eigenvalue weighted by atomic mass is 9.86. The number of hydrogen-bond donors (Lipinski definition) is 5. The van der Waals surface area contributed by atoms with Crippen molar-refractivity contribution in [3.63, 3.8) is 0 Å². The summed E-state index contributed by atoms with van der Waals surface area (Å²) >= 11 is 0. The van der Waals surface area contributed by atoms with E-state index in [-0.39, 0.29) is 28.5 Å². The van der Waals surface area contributed by atoms with Crippen molar-refractivity contribution < 1.29 is 5.11 Å². The molecule has 0 spiro atoms. The third kappa shape index (κ3) is 4.24. The van der Waals surface area contributed by atoms with Gasteiger partial charge in [-0.15, -0.1) is 0 Å². The molecule has 7 heteroatoms. The predicted octanol–water partition coefficient (Wildman–Crippen LogP) is 1.89. The van der Waals surface area contributed by atoms with Crippen molar-refractivity contribution in [1.29, 1.82) is 5.41 Å². The third-order valence-corrected chi connectivity index (χ3v) is 4.04. The summed E-state index contributed by atoms with van der Waals surface area (Å²) in [6.07, 6.45) is 0. The highest BCUT2D eigenvalue weighted by molar-refractivity contribution is 6.02. The molecule has 25 heavy (non-hydrogen) atoms. The number of nitrogens with one attached hydrogen (secondary N) is 4. The molecule has 7 nitrogen and oxygen atoms in total. The van der Waals surface area contributed by atoms with Gasteiger partial charge in [-0.1, -0.05) is 45.0 Å². The first kappa shape index (κ1) is 18.7. The van der Waals surface area contributed by atoms with Crippen molar-refractivity contribution in [2.75, 3.05) is 11.9 Å². The van der Waals surface area contributed by atoms with Crippen molar-refractivity contribution in [1.82, 2.24) is 9.97 Å². The van der Waals surface area contributed by atoms with Crippen molar-refractivity contribution in [3.8, 4) is 0 Å². The molecule has 1 aromatic carbocycles. The van der Waals surface area contributed by atoms with Crippen LogP contribution in [0.15, 0.2) is 33.9 Å². The van der Waals surface area contributed by atoms with Crippen LogP contribution in [0.25, 0.3) is 0 Å². The molecule has 1 unspecified atom stereocenters. The number of hydrogen-bond acceptors (Lipinski definition) is 5. The number of aromatic amines is 2. The van der Waals surface area contributed by atoms with Gasteiger partial charge < -0.3 is 15.8 Å². The van der Waals surface area contributed by atoms with E-state index in [2.05, 4.69) is 36.1 Å². The van der Waals surface area contributed by atoms with Crippen LogP contribution in [0.3, 0.4) is 0 Å². The van der Waals surface area contributed by atoms with Crippen LogP contribution < -0.4 is 16.6 Å². The summed E-state index contributed by atoms with van der Waals surface area (Å²) in [6, 6.07) is 7.85. The highest BCUT2D eigenvalue weighted by atomic mass is 16.3. The van der Waals surface area contributed by atoms with Crippen molar-refractivity contribution >= 4 is 11.5 Å². The van der Waals surface area contributed by atoms with E-state index in [1.807, 2.05) is 31.2 Å². The summed E-state index contributed by atoms with van der Waals surface area (Å²) in [5, 5.41) is 20.0. The van der Waals surface area contributed by atoms with Gasteiger partial charge >= 0.3 is 5.69 Å². The standard InChI is InChI=1S/C18H24N4O3/c1-10(11-5-7-12(8-6-11)18(2,3)4)20-15-14(13(19)9-23)16(24)22-17(25)21-15/h5-8,10,19,23H,9H2,1-4H3,(H3,20,21,22,24,25). The maximum atomic E-state index is 12.0. The van der Waals surface area contributed by atoms with E-state index in [0.717, 1.165) is 5.56 Å². The Hall–Kier alpha value is -2.67. The zero-order valence-corrected chi connectivity index (χ0v) is 14.9. The predicted molar refractivity (Wildman–Crippen MR) is 98.8 cm³/mol. The number of aliphatic hydroxyl groups is 1. The molecule has 0 amide bonds. The van der Waals surface area contributed by atoms with Gasteiger partial charge in [0.25, 0.3) is 5.56 Å². The fraction of sp³-hybridized carbons (Fsp3) is 0.389. The molecule has 0 fully saturated rings. The zero-order chi connectivity index (χ0) is 18.8. The molecule has 0 saturated heterocycles. The first-order valence-corrected chi connectivity index (χ1v) is 8.05. The Morgan fingerprint density at radius 3 is 2.32 bits per heavy atom.